The average molecular weight is 435 g/mol. The highest BCUT2D eigenvalue weighted by atomic mass is 35.5. The van der Waals surface area contributed by atoms with Crippen molar-refractivity contribution in [3.05, 3.63) is 100 Å². The molecule has 0 saturated carbocycles. The van der Waals surface area contributed by atoms with Gasteiger partial charge in [0, 0.05) is 11.6 Å². The van der Waals surface area contributed by atoms with Gasteiger partial charge in [-0.05, 0) is 41.8 Å². The Kier molecular flexibility index (Phi) is 6.65. The molecule has 1 amide bonds. The van der Waals surface area contributed by atoms with Crippen LogP contribution in [0, 0.1) is 6.92 Å². The van der Waals surface area contributed by atoms with Crippen molar-refractivity contribution in [1.82, 2.24) is 9.88 Å². The number of fused-ring (bicyclic) bond motifs is 1. The van der Waals surface area contributed by atoms with E-state index >= 15 is 0 Å². The minimum atomic E-state index is -0.158. The van der Waals surface area contributed by atoms with Crippen LogP contribution in [-0.2, 0) is 29.2 Å². The molecule has 31 heavy (non-hydrogen) atoms. The summed E-state index contributed by atoms with van der Waals surface area (Å²) in [4.78, 5) is 19.2. The second-order valence-corrected chi connectivity index (χ2v) is 7.81. The topological polar surface area (TPSA) is 55.6 Å². The molecule has 0 aliphatic heterocycles. The summed E-state index contributed by atoms with van der Waals surface area (Å²) in [5, 5.41) is 0.610. The van der Waals surface area contributed by atoms with Crippen LogP contribution >= 0.6 is 11.6 Å². The molecule has 3 aromatic carbocycles. The van der Waals surface area contributed by atoms with E-state index in [0.29, 0.717) is 29.6 Å². The molecule has 0 radical (unpaired) electrons. The lowest BCUT2D eigenvalue weighted by Crippen LogP contribution is -2.33. The molecule has 0 atom stereocenters. The van der Waals surface area contributed by atoms with Crippen LogP contribution in [0.3, 0.4) is 0 Å². The summed E-state index contributed by atoms with van der Waals surface area (Å²) in [5.74, 6) is 0.318. The largest absolute Gasteiger partial charge is 0.439 e. The van der Waals surface area contributed by atoms with Crippen LogP contribution < -0.4 is 0 Å². The summed E-state index contributed by atoms with van der Waals surface area (Å²) in [6, 6.07) is 23.1. The first-order valence-electron chi connectivity index (χ1n) is 10.1. The number of hydrogen-bond acceptors (Lipinski definition) is 4. The van der Waals surface area contributed by atoms with Crippen LogP contribution in [0.15, 0.2) is 77.2 Å². The van der Waals surface area contributed by atoms with Gasteiger partial charge in [0.15, 0.2) is 5.58 Å². The molecule has 0 aliphatic rings. The van der Waals surface area contributed by atoms with Gasteiger partial charge in [0.2, 0.25) is 11.8 Å². The maximum absolute atomic E-state index is 13.0. The van der Waals surface area contributed by atoms with Gasteiger partial charge in [0.05, 0.1) is 13.2 Å². The monoisotopic (exact) mass is 434 g/mol. The summed E-state index contributed by atoms with van der Waals surface area (Å²) in [6.45, 7) is 2.90. The maximum atomic E-state index is 13.0. The van der Waals surface area contributed by atoms with Gasteiger partial charge in [0.25, 0.3) is 0 Å². The second kappa shape index (κ2) is 9.77. The molecule has 1 aromatic heterocycles. The zero-order chi connectivity index (χ0) is 21.6. The molecule has 0 fully saturated rings. The smallest absolute Gasteiger partial charge is 0.249 e. The predicted octanol–water partition coefficient (Wildman–Crippen LogP) is 5.54. The number of hydrogen-bond donors (Lipinski definition) is 0. The van der Waals surface area contributed by atoms with Gasteiger partial charge in [-0.15, -0.1) is 0 Å². The lowest BCUT2D eigenvalue weighted by molar-refractivity contribution is -0.138. The Bertz CT molecular complexity index is 1170. The minimum Gasteiger partial charge on any atom is -0.439 e. The number of amides is 1. The highest BCUT2D eigenvalue weighted by Crippen LogP contribution is 2.21. The predicted molar refractivity (Wildman–Crippen MR) is 121 cm³/mol. The average Bonchev–Trinajstić information content (AvgIpc) is 3.17. The van der Waals surface area contributed by atoms with Crippen LogP contribution in [0.2, 0.25) is 5.02 Å². The van der Waals surface area contributed by atoms with E-state index in [1.165, 1.54) is 0 Å². The number of halogens is 1. The minimum absolute atomic E-state index is 0.0430. The first-order valence-corrected chi connectivity index (χ1v) is 10.5. The lowest BCUT2D eigenvalue weighted by atomic mass is 10.2. The standard InChI is InChI=1S/C25H23ClN2O3/c1-18-11-12-23-22(13-18)27-24(31-23)15-28(14-20-9-5-6-10-21(20)26)25(29)17-30-16-19-7-3-2-4-8-19/h2-13H,14-17H2,1H3. The normalized spacial score (nSPS) is 11.0. The van der Waals surface area contributed by atoms with Gasteiger partial charge in [-0.1, -0.05) is 66.2 Å². The van der Waals surface area contributed by atoms with E-state index in [1.54, 1.807) is 4.90 Å². The van der Waals surface area contributed by atoms with E-state index in [2.05, 4.69) is 4.98 Å². The Labute approximate surface area is 186 Å². The first kappa shape index (κ1) is 21.1. The number of ether oxygens (including phenoxy) is 1. The summed E-state index contributed by atoms with van der Waals surface area (Å²) >= 11 is 6.33. The fourth-order valence-corrected chi connectivity index (χ4v) is 3.50. The summed E-state index contributed by atoms with van der Waals surface area (Å²) in [6.07, 6.45) is 0. The van der Waals surface area contributed by atoms with E-state index in [0.717, 1.165) is 22.2 Å². The van der Waals surface area contributed by atoms with E-state index in [4.69, 9.17) is 20.8 Å². The molecular weight excluding hydrogens is 412 g/mol. The fraction of sp³-hybridized carbons (Fsp3) is 0.200. The van der Waals surface area contributed by atoms with Crippen molar-refractivity contribution in [3.8, 4) is 0 Å². The Hall–Kier alpha value is -3.15. The Morgan fingerprint density at radius 3 is 2.61 bits per heavy atom. The number of benzene rings is 3. The van der Waals surface area contributed by atoms with Crippen LogP contribution in [0.1, 0.15) is 22.6 Å². The Morgan fingerprint density at radius 1 is 1.03 bits per heavy atom. The second-order valence-electron chi connectivity index (χ2n) is 7.40. The number of aryl methyl sites for hydroxylation is 1. The van der Waals surface area contributed by atoms with Gasteiger partial charge in [0.1, 0.15) is 12.1 Å². The van der Waals surface area contributed by atoms with Crippen molar-refractivity contribution in [1.29, 1.82) is 0 Å². The van der Waals surface area contributed by atoms with Crippen LogP contribution in [0.25, 0.3) is 11.1 Å². The lowest BCUT2D eigenvalue weighted by Gasteiger charge is -2.22. The molecule has 0 bridgehead atoms. The third-order valence-corrected chi connectivity index (χ3v) is 5.29. The number of nitrogens with zero attached hydrogens (tertiary/aromatic N) is 2. The zero-order valence-electron chi connectivity index (χ0n) is 17.3. The van der Waals surface area contributed by atoms with Gasteiger partial charge in [-0.2, -0.15) is 0 Å². The molecule has 0 spiro atoms. The number of oxazole rings is 1. The van der Waals surface area contributed by atoms with E-state index in [9.17, 15) is 4.79 Å². The fourth-order valence-electron chi connectivity index (χ4n) is 3.30. The maximum Gasteiger partial charge on any atom is 0.249 e. The molecule has 0 saturated heterocycles. The highest BCUT2D eigenvalue weighted by Gasteiger charge is 2.19. The van der Waals surface area contributed by atoms with Gasteiger partial charge in [-0.3, -0.25) is 4.79 Å². The molecule has 0 N–H and O–H groups in total. The number of carbonyl (C=O) groups is 1. The molecule has 4 rings (SSSR count). The van der Waals surface area contributed by atoms with Crippen LogP contribution in [0.4, 0.5) is 0 Å². The third kappa shape index (κ3) is 5.51. The molecule has 4 aromatic rings. The van der Waals surface area contributed by atoms with Crippen LogP contribution in [0.5, 0.6) is 0 Å². The van der Waals surface area contributed by atoms with Gasteiger partial charge >= 0.3 is 0 Å². The molecule has 158 valence electrons. The molecule has 0 aliphatic carbocycles. The number of aromatic nitrogens is 1. The third-order valence-electron chi connectivity index (χ3n) is 4.92. The van der Waals surface area contributed by atoms with Crippen molar-refractivity contribution in [3.63, 3.8) is 0 Å². The van der Waals surface area contributed by atoms with Gasteiger partial charge < -0.3 is 14.1 Å². The molecule has 6 heteroatoms. The van der Waals surface area contributed by atoms with Crippen molar-refractivity contribution in [2.75, 3.05) is 6.61 Å². The van der Waals surface area contributed by atoms with E-state index < -0.39 is 0 Å². The SMILES string of the molecule is Cc1ccc2oc(CN(Cc3ccccc3Cl)C(=O)COCc3ccccc3)nc2c1. The van der Waals surface area contributed by atoms with Gasteiger partial charge in [-0.25, -0.2) is 4.98 Å². The first-order chi connectivity index (χ1) is 15.1. The van der Waals surface area contributed by atoms with Crippen LogP contribution in [-0.4, -0.2) is 22.4 Å². The number of rotatable bonds is 8. The van der Waals surface area contributed by atoms with Crippen molar-refractivity contribution in [2.24, 2.45) is 0 Å². The number of carbonyl (C=O) groups excluding carboxylic acids is 1. The quantitative estimate of drug-likeness (QED) is 0.365. The Balaban J connectivity index is 1.50. The molecular formula is C25H23ClN2O3. The molecule has 0 unspecified atom stereocenters. The Morgan fingerprint density at radius 2 is 1.81 bits per heavy atom. The zero-order valence-corrected chi connectivity index (χ0v) is 18.0. The van der Waals surface area contributed by atoms with E-state index in [1.807, 2.05) is 79.7 Å². The summed E-state index contributed by atoms with van der Waals surface area (Å²) in [7, 11) is 0. The van der Waals surface area contributed by atoms with Crippen molar-refractivity contribution < 1.29 is 13.9 Å². The summed E-state index contributed by atoms with van der Waals surface area (Å²) < 4.78 is 11.5. The summed E-state index contributed by atoms with van der Waals surface area (Å²) in [5.41, 5.74) is 4.45. The molecule has 5 nitrogen and oxygen atoms in total. The van der Waals surface area contributed by atoms with Crippen molar-refractivity contribution in [2.45, 2.75) is 26.6 Å². The highest BCUT2D eigenvalue weighted by molar-refractivity contribution is 6.31. The van der Waals surface area contributed by atoms with Crippen molar-refractivity contribution >= 4 is 28.6 Å². The molecule has 1 heterocycles. The van der Waals surface area contributed by atoms with E-state index in [-0.39, 0.29) is 19.1 Å².